The van der Waals surface area contributed by atoms with Gasteiger partial charge in [-0.25, -0.2) is 8.42 Å². The van der Waals surface area contributed by atoms with Gasteiger partial charge >= 0.3 is 6.18 Å². The van der Waals surface area contributed by atoms with Crippen LogP contribution in [0.5, 0.6) is 11.5 Å². The first kappa shape index (κ1) is 22.5. The Morgan fingerprint density at radius 1 is 1.00 bits per heavy atom. The molecule has 2 N–H and O–H groups in total. The number of anilines is 1. The molecule has 1 atom stereocenters. The zero-order valence-corrected chi connectivity index (χ0v) is 16.5. The Hall–Kier alpha value is -2.79. The number of hydrogen-bond donors (Lipinski definition) is 2. The van der Waals surface area contributed by atoms with Gasteiger partial charge in [0.15, 0.2) is 11.5 Å². The summed E-state index contributed by atoms with van der Waals surface area (Å²) in [4.78, 5) is 12.1. The van der Waals surface area contributed by atoms with E-state index in [1.807, 2.05) is 0 Å². The van der Waals surface area contributed by atoms with Crippen LogP contribution in [0.4, 0.5) is 18.9 Å². The van der Waals surface area contributed by atoms with E-state index in [1.165, 1.54) is 39.3 Å². The molecule has 0 aliphatic rings. The number of carbonyl (C=O) groups is 1. The normalized spacial score (nSPS) is 12.9. The van der Waals surface area contributed by atoms with E-state index < -0.39 is 33.7 Å². The first-order valence-electron chi connectivity index (χ1n) is 8.20. The lowest BCUT2D eigenvalue weighted by Crippen LogP contribution is -2.41. The van der Waals surface area contributed by atoms with Crippen molar-refractivity contribution >= 4 is 21.6 Å². The van der Waals surface area contributed by atoms with E-state index in [2.05, 4.69) is 10.0 Å². The topological polar surface area (TPSA) is 93.7 Å². The van der Waals surface area contributed by atoms with Crippen LogP contribution in [0.25, 0.3) is 0 Å². The maximum atomic E-state index is 12.6. The van der Waals surface area contributed by atoms with Gasteiger partial charge in [0.2, 0.25) is 15.9 Å². The summed E-state index contributed by atoms with van der Waals surface area (Å²) in [5.74, 6) is -0.217. The first-order chi connectivity index (χ1) is 13.5. The second-order valence-electron chi connectivity index (χ2n) is 5.92. The number of hydrogen-bond acceptors (Lipinski definition) is 5. The van der Waals surface area contributed by atoms with Gasteiger partial charge in [-0.2, -0.15) is 17.9 Å². The zero-order valence-electron chi connectivity index (χ0n) is 15.7. The Kier molecular flexibility index (Phi) is 6.75. The number of halogens is 3. The van der Waals surface area contributed by atoms with Crippen molar-refractivity contribution in [3.05, 3.63) is 48.0 Å². The zero-order chi connectivity index (χ0) is 21.8. The number of rotatable bonds is 7. The molecule has 0 radical (unpaired) electrons. The summed E-state index contributed by atoms with van der Waals surface area (Å²) in [5.41, 5.74) is -0.766. The van der Waals surface area contributed by atoms with Crippen LogP contribution in [-0.2, 0) is 21.0 Å². The van der Waals surface area contributed by atoms with Gasteiger partial charge in [-0.05, 0) is 43.3 Å². The maximum Gasteiger partial charge on any atom is 0.416 e. The molecule has 2 rings (SSSR count). The third-order valence-corrected chi connectivity index (χ3v) is 5.41. The number of alkyl halides is 3. The van der Waals surface area contributed by atoms with E-state index in [0.29, 0.717) is 5.75 Å². The molecular formula is C18H19F3N2O5S. The molecule has 0 aliphatic carbocycles. The van der Waals surface area contributed by atoms with Crippen molar-refractivity contribution in [2.75, 3.05) is 19.5 Å². The molecule has 0 bridgehead atoms. The number of nitrogens with one attached hydrogen (secondary N) is 2. The van der Waals surface area contributed by atoms with Crippen LogP contribution in [0, 0.1) is 0 Å². The molecular weight excluding hydrogens is 413 g/mol. The van der Waals surface area contributed by atoms with Gasteiger partial charge in [-0.1, -0.05) is 0 Å². The molecule has 1 amide bonds. The van der Waals surface area contributed by atoms with Gasteiger partial charge in [0.1, 0.15) is 0 Å². The van der Waals surface area contributed by atoms with Crippen molar-refractivity contribution in [1.29, 1.82) is 0 Å². The quantitative estimate of drug-likeness (QED) is 0.702. The van der Waals surface area contributed by atoms with Gasteiger partial charge in [0.05, 0.1) is 30.7 Å². The second kappa shape index (κ2) is 8.70. The minimum atomic E-state index is -4.50. The molecule has 0 saturated carbocycles. The third-order valence-electron chi connectivity index (χ3n) is 3.87. The van der Waals surface area contributed by atoms with Crippen molar-refractivity contribution < 1.29 is 35.9 Å². The van der Waals surface area contributed by atoms with Crippen LogP contribution >= 0.6 is 0 Å². The van der Waals surface area contributed by atoms with Crippen molar-refractivity contribution in [2.45, 2.75) is 24.0 Å². The molecule has 2 aromatic carbocycles. The molecule has 2 aromatic rings. The minimum Gasteiger partial charge on any atom is -0.493 e. The fourth-order valence-corrected chi connectivity index (χ4v) is 3.55. The van der Waals surface area contributed by atoms with E-state index in [4.69, 9.17) is 9.47 Å². The van der Waals surface area contributed by atoms with E-state index in [1.54, 1.807) is 0 Å². The number of amides is 1. The Morgan fingerprint density at radius 2 is 1.59 bits per heavy atom. The average Bonchev–Trinajstić information content (AvgIpc) is 2.66. The fourth-order valence-electron chi connectivity index (χ4n) is 2.33. The number of carbonyl (C=O) groups excluding carboxylic acids is 1. The van der Waals surface area contributed by atoms with Gasteiger partial charge in [0, 0.05) is 11.8 Å². The van der Waals surface area contributed by atoms with Crippen LogP contribution in [-0.4, -0.2) is 34.6 Å². The van der Waals surface area contributed by atoms with Gasteiger partial charge in [-0.3, -0.25) is 4.79 Å². The highest BCUT2D eigenvalue weighted by Crippen LogP contribution is 2.30. The summed E-state index contributed by atoms with van der Waals surface area (Å²) in [6, 6.07) is 6.51. The maximum absolute atomic E-state index is 12.6. The fraction of sp³-hybridized carbons (Fsp3) is 0.278. The van der Waals surface area contributed by atoms with Gasteiger partial charge in [0.25, 0.3) is 0 Å². The molecule has 0 aliphatic heterocycles. The SMILES string of the molecule is COc1ccc(S(=O)(=O)NC(C)C(=O)Nc2ccc(C(F)(F)F)cc2)cc1OC. The molecule has 0 heterocycles. The van der Waals surface area contributed by atoms with Crippen molar-refractivity contribution in [1.82, 2.24) is 4.72 Å². The predicted molar refractivity (Wildman–Crippen MR) is 99.4 cm³/mol. The lowest BCUT2D eigenvalue weighted by atomic mass is 10.2. The van der Waals surface area contributed by atoms with Crippen LogP contribution in [0.15, 0.2) is 47.4 Å². The largest absolute Gasteiger partial charge is 0.493 e. The molecule has 29 heavy (non-hydrogen) atoms. The van der Waals surface area contributed by atoms with Gasteiger partial charge in [-0.15, -0.1) is 0 Å². The van der Waals surface area contributed by atoms with E-state index in [9.17, 15) is 26.4 Å². The molecule has 0 fully saturated rings. The van der Waals surface area contributed by atoms with Crippen molar-refractivity contribution in [2.24, 2.45) is 0 Å². The van der Waals surface area contributed by atoms with Crippen molar-refractivity contribution in [3.8, 4) is 11.5 Å². The van der Waals surface area contributed by atoms with Crippen LogP contribution in [0.2, 0.25) is 0 Å². The smallest absolute Gasteiger partial charge is 0.416 e. The third kappa shape index (κ3) is 5.61. The summed E-state index contributed by atoms with van der Waals surface area (Å²) >= 11 is 0. The molecule has 7 nitrogen and oxygen atoms in total. The summed E-state index contributed by atoms with van der Waals surface area (Å²) in [5, 5.41) is 2.36. The highest BCUT2D eigenvalue weighted by atomic mass is 32.2. The Balaban J connectivity index is 2.10. The lowest BCUT2D eigenvalue weighted by molar-refractivity contribution is -0.137. The van der Waals surface area contributed by atoms with Crippen LogP contribution < -0.4 is 19.5 Å². The molecule has 0 aromatic heterocycles. The number of ether oxygens (including phenoxy) is 2. The predicted octanol–water partition coefficient (Wildman–Crippen LogP) is 3.03. The Bertz CT molecular complexity index is 976. The highest BCUT2D eigenvalue weighted by Gasteiger charge is 2.30. The van der Waals surface area contributed by atoms with E-state index >= 15 is 0 Å². The Morgan fingerprint density at radius 3 is 2.10 bits per heavy atom. The summed E-state index contributed by atoms with van der Waals surface area (Å²) < 4.78 is 75.1. The number of sulfonamides is 1. The van der Waals surface area contributed by atoms with Crippen LogP contribution in [0.3, 0.4) is 0 Å². The molecule has 0 saturated heterocycles. The first-order valence-corrected chi connectivity index (χ1v) is 9.68. The molecule has 1 unspecified atom stereocenters. The Labute approximate surface area is 165 Å². The lowest BCUT2D eigenvalue weighted by Gasteiger charge is -2.16. The monoisotopic (exact) mass is 432 g/mol. The average molecular weight is 432 g/mol. The van der Waals surface area contributed by atoms with E-state index in [0.717, 1.165) is 24.3 Å². The number of benzene rings is 2. The minimum absolute atomic E-state index is 0.0974. The molecule has 0 spiro atoms. The number of methoxy groups -OCH3 is 2. The van der Waals surface area contributed by atoms with Gasteiger partial charge < -0.3 is 14.8 Å². The van der Waals surface area contributed by atoms with Crippen molar-refractivity contribution in [3.63, 3.8) is 0 Å². The highest BCUT2D eigenvalue weighted by molar-refractivity contribution is 7.89. The molecule has 11 heteroatoms. The standard InChI is InChI=1S/C18H19F3N2O5S/c1-11(17(24)22-13-6-4-12(5-7-13)18(19,20)21)23-29(25,26)14-8-9-15(27-2)16(10-14)28-3/h4-11,23H,1-3H3,(H,22,24). The van der Waals surface area contributed by atoms with E-state index in [-0.39, 0.29) is 16.3 Å². The summed E-state index contributed by atoms with van der Waals surface area (Å²) in [6.45, 7) is 1.30. The second-order valence-corrected chi connectivity index (χ2v) is 7.64. The summed E-state index contributed by atoms with van der Waals surface area (Å²) in [7, 11) is -1.33. The van der Waals surface area contributed by atoms with Crippen LogP contribution in [0.1, 0.15) is 12.5 Å². The summed E-state index contributed by atoms with van der Waals surface area (Å²) in [6.07, 6.45) is -4.50. The molecule has 158 valence electrons.